The number of benzene rings is 3. The minimum Gasteiger partial charge on any atom is -0.760 e. The molecular weight excluding hydrogens is 398 g/mol. The van der Waals surface area contributed by atoms with Crippen molar-refractivity contribution < 1.29 is 8.76 Å². The second-order valence-electron chi connectivity index (χ2n) is 6.92. The highest BCUT2D eigenvalue weighted by Crippen LogP contribution is 2.25. The molecule has 1 heterocycles. The number of rotatable bonds is 7. The van der Waals surface area contributed by atoms with Gasteiger partial charge < -0.3 is 4.55 Å². The van der Waals surface area contributed by atoms with Gasteiger partial charge in [-0.1, -0.05) is 66.7 Å². The second-order valence-corrected chi connectivity index (χ2v) is 7.68. The van der Waals surface area contributed by atoms with Gasteiger partial charge in [-0.25, -0.2) is 9.40 Å². The van der Waals surface area contributed by atoms with E-state index in [1.165, 1.54) is 4.68 Å². The zero-order valence-electron chi connectivity index (χ0n) is 16.2. The Morgan fingerprint density at radius 3 is 2.37 bits per heavy atom. The summed E-state index contributed by atoms with van der Waals surface area (Å²) >= 11 is -2.27. The molecule has 1 aromatic heterocycles. The minimum absolute atomic E-state index is 0.128. The lowest BCUT2D eigenvalue weighted by molar-refractivity contribution is 0.523. The molecule has 0 aliphatic rings. The first-order valence-electron chi connectivity index (χ1n) is 9.58. The number of hydrogen-bond acceptors (Lipinski definition) is 4. The van der Waals surface area contributed by atoms with Gasteiger partial charge in [0.15, 0.2) is 0 Å². The molecule has 0 saturated carbocycles. The lowest BCUT2D eigenvalue weighted by atomic mass is 10.0. The summed E-state index contributed by atoms with van der Waals surface area (Å²) in [6.45, 7) is 0.706. The van der Waals surface area contributed by atoms with Crippen molar-refractivity contribution in [2.75, 3.05) is 6.54 Å². The summed E-state index contributed by atoms with van der Waals surface area (Å²) in [5, 5.41) is 6.12. The predicted molar refractivity (Wildman–Crippen MR) is 118 cm³/mol. The zero-order chi connectivity index (χ0) is 20.9. The Kier molecular flexibility index (Phi) is 6.13. The summed E-state index contributed by atoms with van der Waals surface area (Å²) in [5.74, 6) is 0. The molecule has 6 nitrogen and oxygen atoms in total. The molecule has 4 aromatic rings. The van der Waals surface area contributed by atoms with Crippen LogP contribution in [-0.4, -0.2) is 25.1 Å². The van der Waals surface area contributed by atoms with Crippen LogP contribution >= 0.6 is 0 Å². The third-order valence-corrected chi connectivity index (χ3v) is 5.32. The van der Waals surface area contributed by atoms with Gasteiger partial charge in [-0.05, 0) is 29.7 Å². The average Bonchev–Trinajstić information content (AvgIpc) is 2.76. The standard InChI is InChI=1S/C23H21N3O3S/c27-23-21-12-5-4-11-20(21)22(25-26(23)16-18-7-2-1-3-8-18)19-10-6-9-17(15-19)13-14-24-30(28)29/h1-12,15,24H,13-14,16H2,(H,28,29)/p-1. The topological polar surface area (TPSA) is 87.1 Å². The van der Waals surface area contributed by atoms with Crippen molar-refractivity contribution in [2.45, 2.75) is 13.0 Å². The molecular formula is C23H20N3O3S-. The Morgan fingerprint density at radius 2 is 1.60 bits per heavy atom. The smallest absolute Gasteiger partial charge is 0.274 e. The van der Waals surface area contributed by atoms with E-state index in [0.29, 0.717) is 24.9 Å². The highest BCUT2D eigenvalue weighted by atomic mass is 32.2. The van der Waals surface area contributed by atoms with Crippen LogP contribution in [0.15, 0.2) is 83.7 Å². The van der Waals surface area contributed by atoms with Crippen molar-refractivity contribution in [3.63, 3.8) is 0 Å². The molecule has 1 N–H and O–H groups in total. The van der Waals surface area contributed by atoms with Gasteiger partial charge in [0.2, 0.25) is 0 Å². The Balaban J connectivity index is 1.78. The van der Waals surface area contributed by atoms with Gasteiger partial charge in [-0.2, -0.15) is 5.10 Å². The van der Waals surface area contributed by atoms with Crippen molar-refractivity contribution in [1.82, 2.24) is 14.5 Å². The summed E-state index contributed by atoms with van der Waals surface area (Å²) in [6, 6.07) is 25.0. The van der Waals surface area contributed by atoms with E-state index in [1.54, 1.807) is 0 Å². The molecule has 0 bridgehead atoms. The molecule has 0 aliphatic carbocycles. The lowest BCUT2D eigenvalue weighted by Crippen LogP contribution is -2.24. The van der Waals surface area contributed by atoms with Gasteiger partial charge in [0.1, 0.15) is 0 Å². The van der Waals surface area contributed by atoms with Gasteiger partial charge in [0.25, 0.3) is 5.56 Å². The molecule has 0 aliphatic heterocycles. The fourth-order valence-corrected chi connectivity index (χ4v) is 3.73. The first kappa shape index (κ1) is 20.2. The first-order chi connectivity index (χ1) is 14.6. The molecule has 0 spiro atoms. The molecule has 0 fully saturated rings. The van der Waals surface area contributed by atoms with E-state index >= 15 is 0 Å². The van der Waals surface area contributed by atoms with E-state index in [4.69, 9.17) is 5.10 Å². The molecule has 3 aromatic carbocycles. The van der Waals surface area contributed by atoms with Crippen LogP contribution in [0.2, 0.25) is 0 Å². The summed E-state index contributed by atoms with van der Waals surface area (Å²) in [4.78, 5) is 13.0. The number of nitrogens with zero attached hydrogens (tertiary/aromatic N) is 2. The van der Waals surface area contributed by atoms with E-state index in [1.807, 2.05) is 78.9 Å². The van der Waals surface area contributed by atoms with E-state index in [-0.39, 0.29) is 5.56 Å². The molecule has 0 radical (unpaired) electrons. The SMILES string of the molecule is O=c1c2ccccc2c(-c2cccc(CCNS(=O)[O-])c2)nn1Cc1ccccc1. The van der Waals surface area contributed by atoms with E-state index < -0.39 is 11.3 Å². The predicted octanol–water partition coefficient (Wildman–Crippen LogP) is 3.04. The first-order valence-corrected chi connectivity index (χ1v) is 10.6. The number of nitrogens with one attached hydrogen (secondary N) is 1. The normalized spacial score (nSPS) is 12.2. The fraction of sp³-hybridized carbons (Fsp3) is 0.130. The summed E-state index contributed by atoms with van der Waals surface area (Å²) in [6.07, 6.45) is 0.559. The van der Waals surface area contributed by atoms with Crippen molar-refractivity contribution in [2.24, 2.45) is 0 Å². The van der Waals surface area contributed by atoms with Gasteiger partial charge in [0, 0.05) is 28.8 Å². The summed E-state index contributed by atoms with van der Waals surface area (Å²) in [5.41, 5.74) is 3.46. The summed E-state index contributed by atoms with van der Waals surface area (Å²) in [7, 11) is 0. The molecule has 152 valence electrons. The van der Waals surface area contributed by atoms with E-state index in [9.17, 15) is 13.6 Å². The van der Waals surface area contributed by atoms with Crippen LogP contribution in [0.25, 0.3) is 22.0 Å². The fourth-order valence-electron chi connectivity index (χ4n) is 3.46. The maximum Gasteiger partial charge on any atom is 0.274 e. The van der Waals surface area contributed by atoms with Gasteiger partial charge in [0.05, 0.1) is 17.6 Å². The Hall–Kier alpha value is -3.13. The molecule has 4 rings (SSSR count). The van der Waals surface area contributed by atoms with Crippen molar-refractivity contribution in [3.8, 4) is 11.3 Å². The molecule has 7 heteroatoms. The highest BCUT2D eigenvalue weighted by molar-refractivity contribution is 7.77. The van der Waals surface area contributed by atoms with Crippen LogP contribution in [0.5, 0.6) is 0 Å². The maximum absolute atomic E-state index is 13.0. The van der Waals surface area contributed by atoms with Gasteiger partial charge >= 0.3 is 0 Å². The van der Waals surface area contributed by atoms with Gasteiger partial charge in [-0.3, -0.25) is 9.00 Å². The Morgan fingerprint density at radius 1 is 0.900 bits per heavy atom. The maximum atomic E-state index is 13.0. The largest absolute Gasteiger partial charge is 0.760 e. The third-order valence-electron chi connectivity index (χ3n) is 4.88. The van der Waals surface area contributed by atoms with Gasteiger partial charge in [-0.15, -0.1) is 0 Å². The Bertz CT molecular complexity index is 1260. The third kappa shape index (κ3) is 4.54. The lowest BCUT2D eigenvalue weighted by Gasteiger charge is -2.13. The van der Waals surface area contributed by atoms with E-state index in [2.05, 4.69) is 4.72 Å². The minimum atomic E-state index is -2.27. The molecule has 1 atom stereocenters. The monoisotopic (exact) mass is 418 g/mol. The molecule has 0 saturated heterocycles. The number of aromatic nitrogens is 2. The average molecular weight is 418 g/mol. The van der Waals surface area contributed by atoms with Crippen LogP contribution in [-0.2, 0) is 24.2 Å². The van der Waals surface area contributed by atoms with Crippen LogP contribution in [0, 0.1) is 0 Å². The van der Waals surface area contributed by atoms with Crippen molar-refractivity contribution >= 4 is 22.0 Å². The van der Waals surface area contributed by atoms with Crippen molar-refractivity contribution in [3.05, 3.63) is 100 Å². The van der Waals surface area contributed by atoms with Crippen LogP contribution in [0.4, 0.5) is 0 Å². The number of fused-ring (bicyclic) bond motifs is 1. The van der Waals surface area contributed by atoms with Crippen molar-refractivity contribution in [1.29, 1.82) is 0 Å². The quantitative estimate of drug-likeness (QED) is 0.468. The van der Waals surface area contributed by atoms with Crippen LogP contribution in [0.1, 0.15) is 11.1 Å². The zero-order valence-corrected chi connectivity index (χ0v) is 17.0. The molecule has 0 amide bonds. The second kappa shape index (κ2) is 9.13. The van der Waals surface area contributed by atoms with Crippen LogP contribution in [0.3, 0.4) is 0 Å². The Labute approximate surface area is 176 Å². The highest BCUT2D eigenvalue weighted by Gasteiger charge is 2.13. The summed E-state index contributed by atoms with van der Waals surface area (Å²) < 4.78 is 25.3. The van der Waals surface area contributed by atoms with Crippen LogP contribution < -0.4 is 10.3 Å². The number of hydrogen-bond donors (Lipinski definition) is 1. The molecule has 1 unspecified atom stereocenters. The molecule has 30 heavy (non-hydrogen) atoms. The van der Waals surface area contributed by atoms with E-state index in [0.717, 1.165) is 27.8 Å².